The van der Waals surface area contributed by atoms with E-state index in [0.29, 0.717) is 25.0 Å². The molecule has 0 heterocycles. The lowest BCUT2D eigenvalue weighted by molar-refractivity contribution is 0.481. The molecule has 0 aliphatic heterocycles. The molecule has 7 heteroatoms. The Kier molecular flexibility index (Phi) is 8.05. The van der Waals surface area contributed by atoms with Crippen molar-refractivity contribution >= 4 is 16.0 Å². The summed E-state index contributed by atoms with van der Waals surface area (Å²) in [6.07, 6.45) is 0. The molecule has 1 aromatic rings. The van der Waals surface area contributed by atoms with Crippen molar-refractivity contribution in [2.75, 3.05) is 19.3 Å². The molecule has 0 aromatic heterocycles. The highest BCUT2D eigenvalue weighted by Crippen LogP contribution is 2.00. The van der Waals surface area contributed by atoms with Gasteiger partial charge in [-0.1, -0.05) is 44.2 Å². The SMILES string of the molecule is CN=C(NCCS(=O)(=O)NCc1ccccc1)NC(C)C(C)C. The summed E-state index contributed by atoms with van der Waals surface area (Å²) >= 11 is 0. The molecular formula is C16H28N4O2S. The molecule has 0 saturated carbocycles. The van der Waals surface area contributed by atoms with Crippen molar-refractivity contribution in [3.63, 3.8) is 0 Å². The molecule has 130 valence electrons. The molecule has 0 spiro atoms. The van der Waals surface area contributed by atoms with E-state index in [-0.39, 0.29) is 11.8 Å². The molecule has 6 nitrogen and oxygen atoms in total. The van der Waals surface area contributed by atoms with Gasteiger partial charge in [-0.3, -0.25) is 4.99 Å². The maximum Gasteiger partial charge on any atom is 0.213 e. The third-order valence-corrected chi connectivity index (χ3v) is 4.92. The Morgan fingerprint density at radius 2 is 1.83 bits per heavy atom. The molecule has 3 N–H and O–H groups in total. The zero-order valence-corrected chi connectivity index (χ0v) is 15.2. The van der Waals surface area contributed by atoms with Crippen molar-refractivity contribution < 1.29 is 8.42 Å². The zero-order chi connectivity index (χ0) is 17.3. The van der Waals surface area contributed by atoms with Crippen LogP contribution in [0.15, 0.2) is 35.3 Å². The fraction of sp³-hybridized carbons (Fsp3) is 0.562. The van der Waals surface area contributed by atoms with Crippen LogP contribution in [0.4, 0.5) is 0 Å². The van der Waals surface area contributed by atoms with E-state index >= 15 is 0 Å². The van der Waals surface area contributed by atoms with Gasteiger partial charge < -0.3 is 10.6 Å². The Bertz CT molecular complexity index is 585. The summed E-state index contributed by atoms with van der Waals surface area (Å²) in [6, 6.07) is 9.71. The lowest BCUT2D eigenvalue weighted by Crippen LogP contribution is -2.46. The second kappa shape index (κ2) is 9.52. The van der Waals surface area contributed by atoms with Gasteiger partial charge >= 0.3 is 0 Å². The maximum atomic E-state index is 12.0. The molecule has 0 amide bonds. The van der Waals surface area contributed by atoms with E-state index in [1.165, 1.54) is 0 Å². The molecular weight excluding hydrogens is 312 g/mol. The van der Waals surface area contributed by atoms with Crippen LogP contribution in [0.3, 0.4) is 0 Å². The van der Waals surface area contributed by atoms with E-state index in [4.69, 9.17) is 0 Å². The second-order valence-corrected chi connectivity index (χ2v) is 7.73. The number of benzene rings is 1. The Hall–Kier alpha value is -1.60. The summed E-state index contributed by atoms with van der Waals surface area (Å²) in [5.74, 6) is 1.07. The first-order valence-electron chi connectivity index (χ1n) is 7.82. The molecule has 0 aliphatic rings. The molecule has 0 saturated heterocycles. The highest BCUT2D eigenvalue weighted by molar-refractivity contribution is 7.89. The lowest BCUT2D eigenvalue weighted by atomic mass is 10.1. The van der Waals surface area contributed by atoms with Gasteiger partial charge in [0, 0.05) is 26.2 Å². The summed E-state index contributed by atoms with van der Waals surface area (Å²) < 4.78 is 26.6. The normalized spacial score (nSPS) is 13.9. The van der Waals surface area contributed by atoms with Crippen molar-refractivity contribution in [2.24, 2.45) is 10.9 Å². The Labute approximate surface area is 139 Å². The molecule has 1 aromatic carbocycles. The third kappa shape index (κ3) is 7.99. The van der Waals surface area contributed by atoms with Gasteiger partial charge in [0.15, 0.2) is 5.96 Å². The van der Waals surface area contributed by atoms with E-state index in [1.54, 1.807) is 7.05 Å². The minimum atomic E-state index is -3.32. The number of nitrogens with one attached hydrogen (secondary N) is 3. The van der Waals surface area contributed by atoms with Crippen molar-refractivity contribution in [2.45, 2.75) is 33.4 Å². The van der Waals surface area contributed by atoms with Crippen molar-refractivity contribution in [3.8, 4) is 0 Å². The van der Waals surface area contributed by atoms with Crippen molar-refractivity contribution in [1.29, 1.82) is 0 Å². The number of hydrogen-bond acceptors (Lipinski definition) is 3. The Balaban J connectivity index is 2.37. The highest BCUT2D eigenvalue weighted by Gasteiger charge is 2.12. The number of nitrogens with zero attached hydrogens (tertiary/aromatic N) is 1. The summed E-state index contributed by atoms with van der Waals surface area (Å²) in [4.78, 5) is 4.10. The first-order chi connectivity index (χ1) is 10.8. The summed E-state index contributed by atoms with van der Waals surface area (Å²) in [5, 5.41) is 6.26. The predicted octanol–water partition coefficient (Wildman–Crippen LogP) is 1.32. The van der Waals surface area contributed by atoms with E-state index in [9.17, 15) is 8.42 Å². The van der Waals surface area contributed by atoms with Crippen LogP contribution in [0, 0.1) is 5.92 Å². The summed E-state index contributed by atoms with van der Waals surface area (Å²) in [6.45, 7) is 6.90. The van der Waals surface area contributed by atoms with Crippen LogP contribution in [0.2, 0.25) is 0 Å². The molecule has 1 rings (SSSR count). The molecule has 0 fully saturated rings. The van der Waals surface area contributed by atoms with E-state index in [0.717, 1.165) is 5.56 Å². The fourth-order valence-corrected chi connectivity index (χ4v) is 2.64. The average Bonchev–Trinajstić information content (AvgIpc) is 2.52. The molecule has 0 bridgehead atoms. The third-order valence-electron chi connectivity index (χ3n) is 3.59. The highest BCUT2D eigenvalue weighted by atomic mass is 32.2. The molecule has 0 aliphatic carbocycles. The van der Waals surface area contributed by atoms with Gasteiger partial charge in [0.25, 0.3) is 0 Å². The van der Waals surface area contributed by atoms with Crippen LogP contribution in [-0.2, 0) is 16.6 Å². The molecule has 0 radical (unpaired) electrons. The second-order valence-electron chi connectivity index (χ2n) is 5.80. The average molecular weight is 340 g/mol. The largest absolute Gasteiger partial charge is 0.355 e. The maximum absolute atomic E-state index is 12.0. The van der Waals surface area contributed by atoms with Crippen molar-refractivity contribution in [1.82, 2.24) is 15.4 Å². The van der Waals surface area contributed by atoms with Crippen LogP contribution < -0.4 is 15.4 Å². The minimum Gasteiger partial charge on any atom is -0.355 e. The van der Waals surface area contributed by atoms with Crippen LogP contribution >= 0.6 is 0 Å². The predicted molar refractivity (Wildman–Crippen MR) is 95.9 cm³/mol. The summed E-state index contributed by atoms with van der Waals surface area (Å²) in [7, 11) is -1.65. The monoisotopic (exact) mass is 340 g/mol. The van der Waals surface area contributed by atoms with Crippen LogP contribution in [0.1, 0.15) is 26.3 Å². The first kappa shape index (κ1) is 19.4. The van der Waals surface area contributed by atoms with Gasteiger partial charge in [0.1, 0.15) is 0 Å². The van der Waals surface area contributed by atoms with Gasteiger partial charge in [-0.15, -0.1) is 0 Å². The quantitative estimate of drug-likeness (QED) is 0.492. The number of guanidine groups is 1. The van der Waals surface area contributed by atoms with Crippen LogP contribution in [0.25, 0.3) is 0 Å². The van der Waals surface area contributed by atoms with Gasteiger partial charge in [-0.2, -0.15) is 0 Å². The number of rotatable bonds is 8. The van der Waals surface area contributed by atoms with Gasteiger partial charge in [0.2, 0.25) is 10.0 Å². The smallest absolute Gasteiger partial charge is 0.213 e. The van der Waals surface area contributed by atoms with E-state index in [1.807, 2.05) is 30.3 Å². The van der Waals surface area contributed by atoms with Crippen molar-refractivity contribution in [3.05, 3.63) is 35.9 Å². The molecule has 1 unspecified atom stereocenters. The van der Waals surface area contributed by atoms with Gasteiger partial charge in [0.05, 0.1) is 5.75 Å². The Morgan fingerprint density at radius 3 is 2.39 bits per heavy atom. The van der Waals surface area contributed by atoms with Crippen LogP contribution in [-0.4, -0.2) is 39.8 Å². The van der Waals surface area contributed by atoms with E-state index in [2.05, 4.69) is 41.1 Å². The Morgan fingerprint density at radius 1 is 1.17 bits per heavy atom. The standard InChI is InChI=1S/C16H28N4O2S/c1-13(2)14(3)20-16(17-4)18-10-11-23(21,22)19-12-15-8-6-5-7-9-15/h5-9,13-14,19H,10-12H2,1-4H3,(H2,17,18,20). The topological polar surface area (TPSA) is 82.6 Å². The number of sulfonamides is 1. The van der Waals surface area contributed by atoms with Gasteiger partial charge in [-0.05, 0) is 18.4 Å². The molecule has 23 heavy (non-hydrogen) atoms. The minimum absolute atomic E-state index is 0.00338. The zero-order valence-electron chi connectivity index (χ0n) is 14.3. The summed E-state index contributed by atoms with van der Waals surface area (Å²) in [5.41, 5.74) is 0.937. The lowest BCUT2D eigenvalue weighted by Gasteiger charge is -2.20. The van der Waals surface area contributed by atoms with E-state index < -0.39 is 10.0 Å². The number of hydrogen-bond donors (Lipinski definition) is 3. The first-order valence-corrected chi connectivity index (χ1v) is 9.47. The van der Waals surface area contributed by atoms with Gasteiger partial charge in [-0.25, -0.2) is 13.1 Å². The number of aliphatic imine (C=N–C) groups is 1. The van der Waals surface area contributed by atoms with Crippen LogP contribution in [0.5, 0.6) is 0 Å². The molecule has 1 atom stereocenters. The fourth-order valence-electron chi connectivity index (χ4n) is 1.74.